The molecule has 0 aromatic rings. The minimum Gasteiger partial charge on any atom is -0.354 e. The maximum atomic E-state index is 11.6. The minimum atomic E-state index is -0.000362. The number of carbonyl (C=O) groups is 1. The summed E-state index contributed by atoms with van der Waals surface area (Å²) in [7, 11) is 0. The average Bonchev–Trinajstić information content (AvgIpc) is 2.76. The van der Waals surface area contributed by atoms with E-state index in [0.29, 0.717) is 11.9 Å². The maximum absolute atomic E-state index is 11.6. The summed E-state index contributed by atoms with van der Waals surface area (Å²) in [4.78, 5) is 14.1. The molecule has 0 radical (unpaired) electrons. The predicted octanol–water partition coefficient (Wildman–Crippen LogP) is 1.78. The highest BCUT2D eigenvalue weighted by Crippen LogP contribution is 2.37. The van der Waals surface area contributed by atoms with E-state index in [-0.39, 0.29) is 5.41 Å². The molecule has 92 valence electrons. The van der Waals surface area contributed by atoms with E-state index in [1.165, 1.54) is 25.7 Å². The van der Waals surface area contributed by atoms with E-state index in [2.05, 4.69) is 24.1 Å². The Morgan fingerprint density at radius 1 is 1.50 bits per heavy atom. The quantitative estimate of drug-likeness (QED) is 0.722. The van der Waals surface area contributed by atoms with Gasteiger partial charge in [0.05, 0.1) is 5.41 Å². The van der Waals surface area contributed by atoms with Gasteiger partial charge in [-0.05, 0) is 25.8 Å². The lowest BCUT2D eigenvalue weighted by Gasteiger charge is -2.38. The van der Waals surface area contributed by atoms with E-state index in [0.717, 1.165) is 26.1 Å². The van der Waals surface area contributed by atoms with Crippen LogP contribution in [0.2, 0.25) is 0 Å². The first-order valence-electron chi connectivity index (χ1n) is 6.74. The molecule has 1 amide bonds. The Kier molecular flexibility index (Phi) is 3.53. The van der Waals surface area contributed by atoms with Gasteiger partial charge in [0.1, 0.15) is 0 Å². The molecule has 3 nitrogen and oxygen atoms in total. The standard InChI is InChI=1S/C13H24N2O/c1-3-5-6-11(4-2)15-8-7-13(10-15)9-14-12(13)16/h11H,3-10H2,1-2H3,(H,14,16). The molecule has 2 atom stereocenters. The second-order valence-corrected chi connectivity index (χ2v) is 5.39. The SMILES string of the molecule is CCCCC(CC)N1CCC2(CNC2=O)C1. The first-order chi connectivity index (χ1) is 7.72. The highest BCUT2D eigenvalue weighted by molar-refractivity contribution is 5.89. The van der Waals surface area contributed by atoms with Crippen LogP contribution in [-0.4, -0.2) is 36.5 Å². The van der Waals surface area contributed by atoms with E-state index in [1.54, 1.807) is 0 Å². The van der Waals surface area contributed by atoms with Crippen LogP contribution in [0.25, 0.3) is 0 Å². The minimum absolute atomic E-state index is 0.000362. The number of nitrogens with zero attached hydrogens (tertiary/aromatic N) is 1. The molecule has 2 aliphatic heterocycles. The molecule has 0 aromatic heterocycles. The Hall–Kier alpha value is -0.570. The first kappa shape index (κ1) is 11.9. The molecule has 2 heterocycles. The van der Waals surface area contributed by atoms with Gasteiger partial charge in [0.25, 0.3) is 0 Å². The van der Waals surface area contributed by atoms with E-state index in [1.807, 2.05) is 0 Å². The van der Waals surface area contributed by atoms with E-state index in [9.17, 15) is 4.79 Å². The molecule has 0 saturated carbocycles. The van der Waals surface area contributed by atoms with Crippen LogP contribution >= 0.6 is 0 Å². The van der Waals surface area contributed by atoms with Crippen LogP contribution in [0, 0.1) is 5.41 Å². The molecular weight excluding hydrogens is 200 g/mol. The van der Waals surface area contributed by atoms with Crippen LogP contribution in [-0.2, 0) is 4.79 Å². The van der Waals surface area contributed by atoms with Gasteiger partial charge in [0, 0.05) is 19.1 Å². The van der Waals surface area contributed by atoms with Gasteiger partial charge in [0.2, 0.25) is 5.91 Å². The monoisotopic (exact) mass is 224 g/mol. The molecule has 0 bridgehead atoms. The molecule has 3 heteroatoms. The Labute approximate surface area is 98.6 Å². The summed E-state index contributed by atoms with van der Waals surface area (Å²) in [5.74, 6) is 0.292. The van der Waals surface area contributed by atoms with Gasteiger partial charge in [-0.25, -0.2) is 0 Å². The zero-order chi connectivity index (χ0) is 11.6. The molecule has 16 heavy (non-hydrogen) atoms. The second-order valence-electron chi connectivity index (χ2n) is 5.39. The molecule has 2 fully saturated rings. The molecule has 0 aromatic carbocycles. The summed E-state index contributed by atoms with van der Waals surface area (Å²) in [6.45, 7) is 7.55. The largest absolute Gasteiger partial charge is 0.354 e. The van der Waals surface area contributed by atoms with Gasteiger partial charge in [-0.15, -0.1) is 0 Å². The molecule has 0 aliphatic carbocycles. The lowest BCUT2D eigenvalue weighted by atomic mass is 9.80. The van der Waals surface area contributed by atoms with Gasteiger partial charge in [-0.3, -0.25) is 9.69 Å². The fourth-order valence-electron chi connectivity index (χ4n) is 3.04. The van der Waals surface area contributed by atoms with Crippen LogP contribution in [0.4, 0.5) is 0 Å². The number of hydrogen-bond donors (Lipinski definition) is 1. The number of amides is 1. The van der Waals surface area contributed by atoms with Gasteiger partial charge >= 0.3 is 0 Å². The summed E-state index contributed by atoms with van der Waals surface area (Å²) in [6, 6.07) is 0.702. The van der Waals surface area contributed by atoms with Crippen molar-refractivity contribution in [2.45, 2.75) is 52.0 Å². The fraction of sp³-hybridized carbons (Fsp3) is 0.923. The zero-order valence-corrected chi connectivity index (χ0v) is 10.6. The van der Waals surface area contributed by atoms with Gasteiger partial charge in [-0.1, -0.05) is 26.7 Å². The zero-order valence-electron chi connectivity index (χ0n) is 10.6. The van der Waals surface area contributed by atoms with Crippen molar-refractivity contribution in [1.82, 2.24) is 10.2 Å². The summed E-state index contributed by atoms with van der Waals surface area (Å²) in [5.41, 5.74) is -0.000362. The summed E-state index contributed by atoms with van der Waals surface area (Å²) in [5, 5.41) is 2.90. The van der Waals surface area contributed by atoms with Gasteiger partial charge < -0.3 is 5.32 Å². The smallest absolute Gasteiger partial charge is 0.229 e. The van der Waals surface area contributed by atoms with E-state index < -0.39 is 0 Å². The van der Waals surface area contributed by atoms with Crippen molar-refractivity contribution in [1.29, 1.82) is 0 Å². The number of nitrogens with one attached hydrogen (secondary N) is 1. The topological polar surface area (TPSA) is 32.3 Å². The molecular formula is C13H24N2O. The number of carbonyl (C=O) groups excluding carboxylic acids is 1. The lowest BCUT2D eigenvalue weighted by molar-refractivity contribution is -0.139. The highest BCUT2D eigenvalue weighted by Gasteiger charge is 2.51. The van der Waals surface area contributed by atoms with Crippen LogP contribution in [0.15, 0.2) is 0 Å². The van der Waals surface area contributed by atoms with E-state index in [4.69, 9.17) is 0 Å². The van der Waals surface area contributed by atoms with Crippen molar-refractivity contribution in [3.8, 4) is 0 Å². The summed E-state index contributed by atoms with van der Waals surface area (Å²) >= 11 is 0. The van der Waals surface area contributed by atoms with E-state index >= 15 is 0 Å². The maximum Gasteiger partial charge on any atom is 0.229 e. The molecule has 2 unspecified atom stereocenters. The lowest BCUT2D eigenvalue weighted by Crippen LogP contribution is -2.60. The third kappa shape index (κ3) is 1.97. The second kappa shape index (κ2) is 4.74. The van der Waals surface area contributed by atoms with Crippen LogP contribution in [0.3, 0.4) is 0 Å². The Morgan fingerprint density at radius 2 is 2.31 bits per heavy atom. The molecule has 2 saturated heterocycles. The number of hydrogen-bond acceptors (Lipinski definition) is 2. The van der Waals surface area contributed by atoms with Crippen LogP contribution < -0.4 is 5.32 Å². The number of unbranched alkanes of at least 4 members (excludes halogenated alkanes) is 1. The van der Waals surface area contributed by atoms with Crippen molar-refractivity contribution in [3.05, 3.63) is 0 Å². The predicted molar refractivity (Wildman–Crippen MR) is 65.2 cm³/mol. The first-order valence-corrected chi connectivity index (χ1v) is 6.74. The average molecular weight is 224 g/mol. The fourth-order valence-corrected chi connectivity index (χ4v) is 3.04. The normalized spacial score (nSPS) is 31.5. The van der Waals surface area contributed by atoms with Crippen molar-refractivity contribution >= 4 is 5.91 Å². The van der Waals surface area contributed by atoms with Crippen molar-refractivity contribution < 1.29 is 4.79 Å². The Balaban J connectivity index is 1.88. The number of likely N-dealkylation sites (tertiary alicyclic amines) is 1. The molecule has 2 aliphatic rings. The van der Waals surface area contributed by atoms with Crippen LogP contribution in [0.5, 0.6) is 0 Å². The number of rotatable bonds is 5. The van der Waals surface area contributed by atoms with Gasteiger partial charge in [0.15, 0.2) is 0 Å². The molecule has 2 rings (SSSR count). The van der Waals surface area contributed by atoms with Crippen molar-refractivity contribution in [3.63, 3.8) is 0 Å². The van der Waals surface area contributed by atoms with Crippen molar-refractivity contribution in [2.24, 2.45) is 5.41 Å². The summed E-state index contributed by atoms with van der Waals surface area (Å²) < 4.78 is 0. The number of β-lactam (4-membered cyclic amide) rings is 1. The summed E-state index contributed by atoms with van der Waals surface area (Å²) in [6.07, 6.45) is 6.17. The Bertz CT molecular complexity index is 267. The third-order valence-corrected chi connectivity index (χ3v) is 4.33. The molecule has 1 N–H and O–H groups in total. The van der Waals surface area contributed by atoms with Crippen molar-refractivity contribution in [2.75, 3.05) is 19.6 Å². The Morgan fingerprint density at radius 3 is 2.75 bits per heavy atom. The highest BCUT2D eigenvalue weighted by atomic mass is 16.2. The third-order valence-electron chi connectivity index (χ3n) is 4.33. The van der Waals surface area contributed by atoms with Crippen LogP contribution in [0.1, 0.15) is 46.0 Å². The molecule has 1 spiro atoms. The van der Waals surface area contributed by atoms with Gasteiger partial charge in [-0.2, -0.15) is 0 Å².